The van der Waals surface area contributed by atoms with Gasteiger partial charge in [0, 0.05) is 24.4 Å². The Morgan fingerprint density at radius 3 is 2.54 bits per heavy atom. The van der Waals surface area contributed by atoms with E-state index in [0.29, 0.717) is 4.90 Å². The molecule has 28 heavy (non-hydrogen) atoms. The van der Waals surface area contributed by atoms with Crippen molar-refractivity contribution in [3.8, 4) is 0 Å². The van der Waals surface area contributed by atoms with Gasteiger partial charge in [0.15, 0.2) is 0 Å². The number of tetrazole rings is 1. The molecular formula is C13H12F3N6NaO4S. The number of carbonyl (C=O) groups is 3. The summed E-state index contributed by atoms with van der Waals surface area (Å²) in [5, 5.41) is 20.6. The van der Waals surface area contributed by atoms with Crippen LogP contribution >= 0.6 is 11.8 Å². The summed E-state index contributed by atoms with van der Waals surface area (Å²) in [7, 11) is 1.54. The van der Waals surface area contributed by atoms with Crippen LogP contribution in [-0.4, -0.2) is 107 Å². The van der Waals surface area contributed by atoms with Gasteiger partial charge in [-0.15, -0.1) is 5.10 Å². The van der Waals surface area contributed by atoms with Crippen molar-refractivity contribution in [1.29, 1.82) is 0 Å². The van der Waals surface area contributed by atoms with Crippen LogP contribution in [0.4, 0.5) is 13.2 Å². The second-order valence-electron chi connectivity index (χ2n) is 6.33. The minimum absolute atomic E-state index is 0. The summed E-state index contributed by atoms with van der Waals surface area (Å²) in [5.41, 5.74) is -0.299. The molecule has 0 spiro atoms. The number of carboxylic acid groups (broad SMARTS) is 1. The first-order chi connectivity index (χ1) is 12.6. The zero-order valence-corrected chi connectivity index (χ0v) is 14.4. The first kappa shape index (κ1) is 21.1. The molecule has 3 aliphatic heterocycles. The van der Waals surface area contributed by atoms with Crippen LogP contribution in [0.2, 0.25) is 0 Å². The number of thioether (sulfide) groups is 1. The van der Waals surface area contributed by atoms with E-state index in [1.165, 1.54) is 4.68 Å². The number of amides is 2. The Bertz CT molecular complexity index is 905. The molecule has 4 rings (SSSR count). The topological polar surface area (TPSA) is 122 Å². The Kier molecular flexibility index (Phi) is 5.27. The van der Waals surface area contributed by atoms with Crippen molar-refractivity contribution in [2.45, 2.75) is 29.8 Å². The first-order valence-corrected chi connectivity index (χ1v) is 8.50. The van der Waals surface area contributed by atoms with Crippen LogP contribution in [0.25, 0.3) is 0 Å². The molecule has 1 N–H and O–H groups in total. The van der Waals surface area contributed by atoms with Crippen molar-refractivity contribution in [3.05, 3.63) is 10.6 Å². The van der Waals surface area contributed by atoms with E-state index in [9.17, 15) is 32.7 Å². The second-order valence-corrected chi connectivity index (χ2v) is 7.39. The van der Waals surface area contributed by atoms with Crippen LogP contribution in [-0.2, 0) is 21.4 Å². The van der Waals surface area contributed by atoms with Crippen LogP contribution in [0, 0.1) is 5.92 Å². The summed E-state index contributed by atoms with van der Waals surface area (Å²) in [4.78, 5) is 37.6. The van der Waals surface area contributed by atoms with Gasteiger partial charge < -0.3 is 10.0 Å². The molecule has 0 aliphatic carbocycles. The van der Waals surface area contributed by atoms with Crippen molar-refractivity contribution >= 4 is 59.1 Å². The number of nitrogens with zero attached hydrogens (tertiary/aromatic N) is 6. The van der Waals surface area contributed by atoms with E-state index in [1.807, 2.05) is 0 Å². The number of hydrogen-bond donors (Lipinski definition) is 1. The Morgan fingerprint density at radius 1 is 1.32 bits per heavy atom. The van der Waals surface area contributed by atoms with Crippen molar-refractivity contribution in [1.82, 2.24) is 30.0 Å². The average molecular weight is 428 g/mol. The summed E-state index contributed by atoms with van der Waals surface area (Å²) in [6, 6.07) is -2.04. The van der Waals surface area contributed by atoms with E-state index in [0.717, 1.165) is 16.7 Å². The van der Waals surface area contributed by atoms with Gasteiger partial charge in [0.25, 0.3) is 5.91 Å². The van der Waals surface area contributed by atoms with Crippen molar-refractivity contribution in [3.63, 3.8) is 0 Å². The molecule has 3 aliphatic rings. The van der Waals surface area contributed by atoms with Crippen LogP contribution in [0.5, 0.6) is 0 Å². The van der Waals surface area contributed by atoms with E-state index in [2.05, 4.69) is 15.5 Å². The van der Waals surface area contributed by atoms with Gasteiger partial charge in [-0.05, 0) is 16.8 Å². The number of likely N-dealkylation sites (tertiary alicyclic amines) is 1. The van der Waals surface area contributed by atoms with E-state index in [4.69, 9.17) is 0 Å². The maximum absolute atomic E-state index is 12.8. The fourth-order valence-corrected chi connectivity index (χ4v) is 4.82. The average Bonchev–Trinajstić information content (AvgIpc) is 3.13. The third-order valence-corrected chi connectivity index (χ3v) is 5.95. The number of β-lactam (4-membered cyclic amide) rings is 1. The molecule has 0 bridgehead atoms. The standard InChI is InChI=1S/C13H11F3N6O4S.Na.H/c1-20-12(17-18-19-20)27-5-2-4-3-21(11(26)13(14,15)16)8-6(4)22(9(8)23)7(5)10(24)25;;/h4,6,8H,2-3H2,1H3,(H,24,25);;/t4-,6-,8+;;/m1../s1. The van der Waals surface area contributed by atoms with Gasteiger partial charge in [-0.3, -0.25) is 14.5 Å². The molecule has 1 aromatic rings. The summed E-state index contributed by atoms with van der Waals surface area (Å²) in [6.07, 6.45) is -5.00. The monoisotopic (exact) mass is 428 g/mol. The van der Waals surface area contributed by atoms with Gasteiger partial charge in [-0.1, -0.05) is 11.8 Å². The third kappa shape index (κ3) is 3.02. The van der Waals surface area contributed by atoms with Gasteiger partial charge in [0.2, 0.25) is 5.16 Å². The third-order valence-electron chi connectivity index (χ3n) is 4.82. The number of carbonyl (C=O) groups excluding carboxylic acids is 2. The number of halogens is 3. The summed E-state index contributed by atoms with van der Waals surface area (Å²) >= 11 is 0.935. The Balaban J connectivity index is 0.00000225. The molecule has 0 saturated carbocycles. The SMILES string of the molecule is Cn1nnnc1SC1=C(C(=O)O)N2C(=O)[C@@H]3[C@H]2[C@H](C1)CN3C(=O)C(F)(F)F.[NaH]. The molecule has 2 amide bonds. The summed E-state index contributed by atoms with van der Waals surface area (Å²) < 4.78 is 39.8. The Labute approximate surface area is 181 Å². The molecule has 146 valence electrons. The molecule has 0 radical (unpaired) electrons. The molecule has 15 heteroatoms. The number of aromatic nitrogens is 4. The van der Waals surface area contributed by atoms with E-state index in [-0.39, 0.29) is 58.3 Å². The van der Waals surface area contributed by atoms with Crippen molar-refractivity contribution < 1.29 is 32.7 Å². The predicted molar refractivity (Wildman–Crippen MR) is 86.8 cm³/mol. The van der Waals surface area contributed by atoms with Crippen molar-refractivity contribution in [2.24, 2.45) is 13.0 Å². The zero-order valence-electron chi connectivity index (χ0n) is 13.5. The van der Waals surface area contributed by atoms with Crippen LogP contribution in [0.1, 0.15) is 6.42 Å². The van der Waals surface area contributed by atoms with Gasteiger partial charge in [-0.25, -0.2) is 9.48 Å². The molecule has 4 heterocycles. The van der Waals surface area contributed by atoms with Crippen LogP contribution in [0.3, 0.4) is 0 Å². The summed E-state index contributed by atoms with van der Waals surface area (Å²) in [5.74, 6) is -4.78. The molecule has 0 unspecified atom stereocenters. The van der Waals surface area contributed by atoms with Crippen LogP contribution < -0.4 is 0 Å². The molecular weight excluding hydrogens is 416 g/mol. The fraction of sp³-hybridized carbons (Fsp3) is 0.538. The number of alkyl halides is 3. The first-order valence-electron chi connectivity index (χ1n) is 7.68. The van der Waals surface area contributed by atoms with E-state index in [1.54, 1.807) is 7.05 Å². The molecule has 2 fully saturated rings. The molecule has 1 aromatic heterocycles. The molecule has 0 aromatic carbocycles. The zero-order chi connectivity index (χ0) is 19.7. The fourth-order valence-electron chi connectivity index (χ4n) is 3.77. The van der Waals surface area contributed by atoms with E-state index >= 15 is 0 Å². The maximum atomic E-state index is 12.8. The van der Waals surface area contributed by atoms with Gasteiger partial charge >= 0.3 is 47.6 Å². The normalized spacial score (nSPS) is 26.0. The van der Waals surface area contributed by atoms with E-state index < -0.39 is 42.0 Å². The molecule has 2 saturated heterocycles. The second kappa shape index (κ2) is 7.00. The number of aryl methyl sites for hydroxylation is 1. The number of carboxylic acids is 1. The number of allylic oxidation sites excluding steroid dienone is 1. The Hall–Kier alpha value is -1.64. The number of hydrogen-bond acceptors (Lipinski definition) is 7. The van der Waals surface area contributed by atoms with Gasteiger partial charge in [-0.2, -0.15) is 13.2 Å². The van der Waals surface area contributed by atoms with Gasteiger partial charge in [0.05, 0.1) is 6.04 Å². The molecule has 3 atom stereocenters. The molecule has 10 nitrogen and oxygen atoms in total. The predicted octanol–water partition coefficient (Wildman–Crippen LogP) is -1.05. The van der Waals surface area contributed by atoms with Crippen molar-refractivity contribution in [2.75, 3.05) is 6.54 Å². The quantitative estimate of drug-likeness (QED) is 0.479. The summed E-state index contributed by atoms with van der Waals surface area (Å²) in [6.45, 7) is -0.274. The Morgan fingerprint density at radius 2 is 2.00 bits per heavy atom. The van der Waals surface area contributed by atoms with Gasteiger partial charge in [0.1, 0.15) is 11.7 Å². The minimum atomic E-state index is -5.10. The van der Waals surface area contributed by atoms with Crippen LogP contribution in [0.15, 0.2) is 15.8 Å². The number of rotatable bonds is 3. The number of aliphatic carboxylic acids is 1.